The lowest BCUT2D eigenvalue weighted by molar-refractivity contribution is 0.0789. The van der Waals surface area contributed by atoms with Gasteiger partial charge in [0.25, 0.3) is 5.91 Å². The van der Waals surface area contributed by atoms with Gasteiger partial charge in [-0.15, -0.1) is 0 Å². The molecule has 1 aliphatic rings. The molecule has 0 N–H and O–H groups in total. The quantitative estimate of drug-likeness (QED) is 0.812. The lowest BCUT2D eigenvalue weighted by Crippen LogP contribution is -2.28. The number of likely N-dealkylation sites (tertiary alicyclic amines) is 1. The van der Waals surface area contributed by atoms with Crippen LogP contribution >= 0.6 is 0 Å². The molecule has 1 aliphatic heterocycles. The van der Waals surface area contributed by atoms with E-state index in [4.69, 9.17) is 0 Å². The lowest BCUT2D eigenvalue weighted by Gasteiger charge is -2.17. The predicted octanol–water partition coefficient (Wildman–Crippen LogP) is 3.85. The lowest BCUT2D eigenvalue weighted by atomic mass is 10.0. The molecule has 20 heavy (non-hydrogen) atoms. The summed E-state index contributed by atoms with van der Waals surface area (Å²) in [4.78, 5) is 14.5. The predicted molar refractivity (Wildman–Crippen MR) is 78.2 cm³/mol. The van der Waals surface area contributed by atoms with E-state index >= 15 is 0 Å². The van der Waals surface area contributed by atoms with Crippen LogP contribution in [0.25, 0.3) is 10.8 Å². The zero-order valence-corrected chi connectivity index (χ0v) is 11.6. The van der Waals surface area contributed by atoms with Gasteiger partial charge in [-0.05, 0) is 29.9 Å². The summed E-state index contributed by atoms with van der Waals surface area (Å²) in [5.41, 5.74) is 0.610. The van der Waals surface area contributed by atoms with Crippen LogP contribution in [-0.4, -0.2) is 23.9 Å². The van der Waals surface area contributed by atoms with Crippen LogP contribution in [0.5, 0.6) is 0 Å². The second-order valence-corrected chi connectivity index (χ2v) is 5.45. The van der Waals surface area contributed by atoms with Crippen molar-refractivity contribution in [1.29, 1.82) is 0 Å². The Morgan fingerprint density at radius 2 is 2.00 bits per heavy atom. The topological polar surface area (TPSA) is 20.3 Å². The second kappa shape index (κ2) is 5.23. The SMILES string of the molecule is CCC1CCN(C(=O)c2ccc(F)c3ccccc23)C1. The summed E-state index contributed by atoms with van der Waals surface area (Å²) in [5, 5.41) is 1.22. The average molecular weight is 271 g/mol. The maximum absolute atomic E-state index is 13.8. The molecule has 0 saturated carbocycles. The molecule has 2 aromatic rings. The number of halogens is 1. The van der Waals surface area contributed by atoms with Crippen LogP contribution in [0.3, 0.4) is 0 Å². The standard InChI is InChI=1S/C17H18FNO/c1-2-12-9-10-19(11-12)17(20)15-7-8-16(18)14-6-4-3-5-13(14)15/h3-8,12H,2,9-11H2,1H3. The Hall–Kier alpha value is -1.90. The van der Waals surface area contributed by atoms with Crippen LogP contribution in [0.1, 0.15) is 30.1 Å². The molecule has 0 bridgehead atoms. The van der Waals surface area contributed by atoms with Crippen molar-refractivity contribution in [2.75, 3.05) is 13.1 Å². The molecule has 2 aromatic carbocycles. The minimum absolute atomic E-state index is 0.0251. The number of nitrogens with zero attached hydrogens (tertiary/aromatic N) is 1. The third kappa shape index (κ3) is 2.17. The smallest absolute Gasteiger partial charge is 0.254 e. The Bertz CT molecular complexity index is 652. The number of fused-ring (bicyclic) bond motifs is 1. The van der Waals surface area contributed by atoms with E-state index < -0.39 is 0 Å². The number of rotatable bonds is 2. The van der Waals surface area contributed by atoms with Gasteiger partial charge in [0.15, 0.2) is 0 Å². The summed E-state index contributed by atoms with van der Waals surface area (Å²) in [6, 6.07) is 10.2. The Kier molecular flexibility index (Phi) is 3.43. The van der Waals surface area contributed by atoms with Gasteiger partial charge in [-0.1, -0.05) is 37.6 Å². The maximum Gasteiger partial charge on any atom is 0.254 e. The summed E-state index contributed by atoms with van der Waals surface area (Å²) >= 11 is 0. The number of amides is 1. The molecule has 0 radical (unpaired) electrons. The third-order valence-electron chi connectivity index (χ3n) is 4.25. The fraction of sp³-hybridized carbons (Fsp3) is 0.353. The van der Waals surface area contributed by atoms with Crippen molar-refractivity contribution < 1.29 is 9.18 Å². The van der Waals surface area contributed by atoms with Crippen LogP contribution in [0.15, 0.2) is 36.4 Å². The first-order chi connectivity index (χ1) is 9.70. The first-order valence-corrected chi connectivity index (χ1v) is 7.17. The van der Waals surface area contributed by atoms with Gasteiger partial charge in [-0.3, -0.25) is 4.79 Å². The van der Waals surface area contributed by atoms with Crippen LogP contribution in [0.2, 0.25) is 0 Å². The summed E-state index contributed by atoms with van der Waals surface area (Å²) in [6.07, 6.45) is 2.18. The molecule has 0 aliphatic carbocycles. The van der Waals surface area contributed by atoms with Gasteiger partial charge in [-0.25, -0.2) is 4.39 Å². The number of benzene rings is 2. The van der Waals surface area contributed by atoms with E-state index in [0.29, 0.717) is 22.3 Å². The van der Waals surface area contributed by atoms with E-state index in [2.05, 4.69) is 6.92 Å². The molecule has 1 amide bonds. The Balaban J connectivity index is 1.98. The van der Waals surface area contributed by atoms with Crippen LogP contribution < -0.4 is 0 Å². The molecule has 1 atom stereocenters. The van der Waals surface area contributed by atoms with E-state index in [1.54, 1.807) is 18.2 Å². The maximum atomic E-state index is 13.8. The highest BCUT2D eigenvalue weighted by atomic mass is 19.1. The average Bonchev–Trinajstić information content (AvgIpc) is 2.96. The van der Waals surface area contributed by atoms with Gasteiger partial charge < -0.3 is 4.90 Å². The summed E-state index contributed by atoms with van der Waals surface area (Å²) in [6.45, 7) is 3.79. The van der Waals surface area contributed by atoms with Crippen molar-refractivity contribution in [2.24, 2.45) is 5.92 Å². The Morgan fingerprint density at radius 1 is 1.25 bits per heavy atom. The number of hydrogen-bond acceptors (Lipinski definition) is 1. The van der Waals surface area contributed by atoms with E-state index in [1.165, 1.54) is 6.07 Å². The van der Waals surface area contributed by atoms with Gasteiger partial charge in [0.05, 0.1) is 0 Å². The molecule has 0 aromatic heterocycles. The minimum atomic E-state index is -0.273. The van der Waals surface area contributed by atoms with E-state index in [1.807, 2.05) is 17.0 Å². The molecule has 1 fully saturated rings. The van der Waals surface area contributed by atoms with Crippen molar-refractivity contribution in [2.45, 2.75) is 19.8 Å². The van der Waals surface area contributed by atoms with Gasteiger partial charge in [0.2, 0.25) is 0 Å². The molecular formula is C17H18FNO. The van der Waals surface area contributed by atoms with Gasteiger partial charge >= 0.3 is 0 Å². The highest BCUT2D eigenvalue weighted by Crippen LogP contribution is 2.26. The highest BCUT2D eigenvalue weighted by Gasteiger charge is 2.26. The third-order valence-corrected chi connectivity index (χ3v) is 4.25. The van der Waals surface area contributed by atoms with E-state index in [-0.39, 0.29) is 11.7 Å². The normalized spacial score (nSPS) is 18.7. The fourth-order valence-corrected chi connectivity index (χ4v) is 2.97. The van der Waals surface area contributed by atoms with E-state index in [9.17, 15) is 9.18 Å². The fourth-order valence-electron chi connectivity index (χ4n) is 2.97. The molecule has 0 spiro atoms. The van der Waals surface area contributed by atoms with Gasteiger partial charge in [0, 0.05) is 24.0 Å². The highest BCUT2D eigenvalue weighted by molar-refractivity contribution is 6.07. The zero-order chi connectivity index (χ0) is 14.1. The second-order valence-electron chi connectivity index (χ2n) is 5.45. The van der Waals surface area contributed by atoms with E-state index in [0.717, 1.165) is 25.9 Å². The number of carbonyl (C=O) groups is 1. The van der Waals surface area contributed by atoms with Crippen molar-refractivity contribution in [3.05, 3.63) is 47.8 Å². The Labute approximate surface area is 118 Å². The molecular weight excluding hydrogens is 253 g/mol. The molecule has 1 saturated heterocycles. The monoisotopic (exact) mass is 271 g/mol. The van der Waals surface area contributed by atoms with Crippen molar-refractivity contribution in [3.8, 4) is 0 Å². The summed E-state index contributed by atoms with van der Waals surface area (Å²) in [7, 11) is 0. The molecule has 104 valence electrons. The molecule has 1 heterocycles. The summed E-state index contributed by atoms with van der Waals surface area (Å²) < 4.78 is 13.8. The van der Waals surface area contributed by atoms with Gasteiger partial charge in [-0.2, -0.15) is 0 Å². The molecule has 3 heteroatoms. The van der Waals surface area contributed by atoms with Gasteiger partial charge in [0.1, 0.15) is 5.82 Å². The van der Waals surface area contributed by atoms with Crippen LogP contribution in [0.4, 0.5) is 4.39 Å². The molecule has 2 nitrogen and oxygen atoms in total. The van der Waals surface area contributed by atoms with Crippen molar-refractivity contribution in [3.63, 3.8) is 0 Å². The zero-order valence-electron chi connectivity index (χ0n) is 11.6. The van der Waals surface area contributed by atoms with Crippen molar-refractivity contribution in [1.82, 2.24) is 4.90 Å². The number of hydrogen-bond donors (Lipinski definition) is 0. The van der Waals surface area contributed by atoms with Crippen molar-refractivity contribution >= 4 is 16.7 Å². The van der Waals surface area contributed by atoms with Crippen LogP contribution in [-0.2, 0) is 0 Å². The molecule has 3 rings (SSSR count). The Morgan fingerprint density at radius 3 is 2.70 bits per heavy atom. The van der Waals surface area contributed by atoms with Crippen LogP contribution in [0, 0.1) is 11.7 Å². The largest absolute Gasteiger partial charge is 0.338 e. The first kappa shape index (κ1) is 13.1. The summed E-state index contributed by atoms with van der Waals surface area (Å²) in [5.74, 6) is 0.354. The molecule has 1 unspecified atom stereocenters. The number of carbonyl (C=O) groups excluding carboxylic acids is 1. The first-order valence-electron chi connectivity index (χ1n) is 7.17. The minimum Gasteiger partial charge on any atom is -0.338 e.